The van der Waals surface area contributed by atoms with Gasteiger partial charge in [0.2, 0.25) is 5.91 Å². The molecule has 1 aromatic rings. The van der Waals surface area contributed by atoms with Crippen LogP contribution in [0, 0.1) is 11.8 Å². The molecule has 0 radical (unpaired) electrons. The molecule has 0 aromatic carbocycles. The zero-order valence-corrected chi connectivity index (χ0v) is 14.7. The molecule has 1 aliphatic heterocycles. The van der Waals surface area contributed by atoms with E-state index in [0.29, 0.717) is 25.4 Å². The molecule has 132 valence electrons. The predicted octanol–water partition coefficient (Wildman–Crippen LogP) is 2.23. The van der Waals surface area contributed by atoms with E-state index in [1.807, 2.05) is 4.90 Å². The van der Waals surface area contributed by atoms with Gasteiger partial charge in [0.1, 0.15) is 0 Å². The Hall–Kier alpha value is -1.36. The summed E-state index contributed by atoms with van der Waals surface area (Å²) < 4.78 is 0. The van der Waals surface area contributed by atoms with Gasteiger partial charge >= 0.3 is 0 Å². The molecular formula is C19H29N3O2. The third-order valence-electron chi connectivity index (χ3n) is 6.67. The van der Waals surface area contributed by atoms with E-state index < -0.39 is 5.60 Å². The molecule has 1 aromatic heterocycles. The van der Waals surface area contributed by atoms with Gasteiger partial charge in [0.05, 0.1) is 11.3 Å². The van der Waals surface area contributed by atoms with Crippen LogP contribution in [0.1, 0.15) is 62.4 Å². The zero-order valence-electron chi connectivity index (χ0n) is 14.7. The lowest BCUT2D eigenvalue weighted by atomic mass is 9.69. The number of amides is 1. The van der Waals surface area contributed by atoms with E-state index in [4.69, 9.17) is 0 Å². The van der Waals surface area contributed by atoms with Crippen molar-refractivity contribution in [2.75, 3.05) is 13.1 Å². The molecule has 3 aliphatic rings. The summed E-state index contributed by atoms with van der Waals surface area (Å²) in [6, 6.07) is 0. The van der Waals surface area contributed by atoms with Gasteiger partial charge in [-0.25, -0.2) is 0 Å². The van der Waals surface area contributed by atoms with Gasteiger partial charge in [-0.05, 0) is 50.0 Å². The molecule has 1 amide bonds. The van der Waals surface area contributed by atoms with Crippen LogP contribution in [-0.2, 0) is 24.1 Å². The molecule has 4 rings (SSSR count). The van der Waals surface area contributed by atoms with Crippen LogP contribution < -0.4 is 0 Å². The molecule has 1 saturated carbocycles. The van der Waals surface area contributed by atoms with Crippen molar-refractivity contribution in [1.82, 2.24) is 15.1 Å². The topological polar surface area (TPSA) is 69.2 Å². The molecule has 2 atom stereocenters. The van der Waals surface area contributed by atoms with Gasteiger partial charge < -0.3 is 10.0 Å². The molecule has 0 spiro atoms. The number of fused-ring (bicyclic) bond motifs is 1. The maximum atomic E-state index is 12.6. The number of β-amino-alcohol motifs (C(OH)–C–C–N with tert-alkyl or cyclic N) is 1. The SMILES string of the molecule is C[C@@H]1CN(C(=O)CCc2n[nH]c3c2CCCC3)C[C@@]1(O)C1CCC1. The highest BCUT2D eigenvalue weighted by atomic mass is 16.3. The van der Waals surface area contributed by atoms with Crippen LogP contribution in [0.4, 0.5) is 0 Å². The molecule has 2 heterocycles. The van der Waals surface area contributed by atoms with Crippen LogP contribution in [0.2, 0.25) is 0 Å². The number of carbonyl (C=O) groups excluding carboxylic acids is 1. The number of carbonyl (C=O) groups is 1. The van der Waals surface area contributed by atoms with Gasteiger partial charge in [0.15, 0.2) is 0 Å². The Kier molecular flexibility index (Phi) is 4.15. The third-order valence-corrected chi connectivity index (χ3v) is 6.67. The fourth-order valence-corrected chi connectivity index (χ4v) is 4.78. The largest absolute Gasteiger partial charge is 0.387 e. The summed E-state index contributed by atoms with van der Waals surface area (Å²) in [5.74, 6) is 0.748. The van der Waals surface area contributed by atoms with Gasteiger partial charge in [-0.1, -0.05) is 13.3 Å². The van der Waals surface area contributed by atoms with Crippen molar-refractivity contribution < 1.29 is 9.90 Å². The highest BCUT2D eigenvalue weighted by molar-refractivity contribution is 5.77. The average molecular weight is 331 g/mol. The summed E-state index contributed by atoms with van der Waals surface area (Å²) >= 11 is 0. The van der Waals surface area contributed by atoms with Gasteiger partial charge in [-0.3, -0.25) is 9.89 Å². The lowest BCUT2D eigenvalue weighted by Crippen LogP contribution is -2.48. The molecule has 2 fully saturated rings. The van der Waals surface area contributed by atoms with E-state index in [1.54, 1.807) is 0 Å². The number of nitrogens with zero attached hydrogens (tertiary/aromatic N) is 2. The van der Waals surface area contributed by atoms with Crippen molar-refractivity contribution in [3.8, 4) is 0 Å². The van der Waals surface area contributed by atoms with Gasteiger partial charge in [-0.2, -0.15) is 5.10 Å². The van der Waals surface area contributed by atoms with Gasteiger partial charge in [0.25, 0.3) is 0 Å². The van der Waals surface area contributed by atoms with Gasteiger partial charge in [0, 0.05) is 37.5 Å². The number of hydrogen-bond donors (Lipinski definition) is 2. The molecule has 24 heavy (non-hydrogen) atoms. The average Bonchev–Trinajstić information content (AvgIpc) is 3.05. The smallest absolute Gasteiger partial charge is 0.223 e. The Bertz CT molecular complexity index is 622. The summed E-state index contributed by atoms with van der Waals surface area (Å²) in [7, 11) is 0. The number of aliphatic hydroxyl groups is 1. The first kappa shape index (κ1) is 16.1. The maximum absolute atomic E-state index is 12.6. The molecule has 0 unspecified atom stereocenters. The number of aromatic nitrogens is 2. The van der Waals surface area contributed by atoms with E-state index in [0.717, 1.165) is 37.8 Å². The number of nitrogens with one attached hydrogen (secondary N) is 1. The van der Waals surface area contributed by atoms with E-state index in [9.17, 15) is 9.90 Å². The lowest BCUT2D eigenvalue weighted by Gasteiger charge is -2.41. The zero-order chi connectivity index (χ0) is 16.7. The van der Waals surface area contributed by atoms with E-state index >= 15 is 0 Å². The summed E-state index contributed by atoms with van der Waals surface area (Å²) in [6.45, 7) is 3.32. The summed E-state index contributed by atoms with van der Waals surface area (Å²) in [5, 5.41) is 18.6. The van der Waals surface area contributed by atoms with Crippen molar-refractivity contribution in [2.24, 2.45) is 11.8 Å². The third kappa shape index (κ3) is 2.67. The number of H-pyrrole nitrogens is 1. The molecule has 2 N–H and O–H groups in total. The molecular weight excluding hydrogens is 302 g/mol. The molecule has 5 nitrogen and oxygen atoms in total. The second-order valence-electron chi connectivity index (χ2n) is 8.13. The maximum Gasteiger partial charge on any atom is 0.223 e. The highest BCUT2D eigenvalue weighted by Gasteiger charge is 2.50. The highest BCUT2D eigenvalue weighted by Crippen LogP contribution is 2.44. The van der Waals surface area contributed by atoms with E-state index in [1.165, 1.54) is 30.5 Å². The Morgan fingerprint density at radius 2 is 2.12 bits per heavy atom. The summed E-state index contributed by atoms with van der Waals surface area (Å²) in [6.07, 6.45) is 9.32. The second-order valence-corrected chi connectivity index (χ2v) is 8.13. The minimum Gasteiger partial charge on any atom is -0.387 e. The van der Waals surface area contributed by atoms with Crippen LogP contribution in [0.15, 0.2) is 0 Å². The van der Waals surface area contributed by atoms with E-state index in [2.05, 4.69) is 17.1 Å². The number of hydrogen-bond acceptors (Lipinski definition) is 3. The number of aromatic amines is 1. The predicted molar refractivity (Wildman–Crippen MR) is 91.6 cm³/mol. The van der Waals surface area contributed by atoms with Crippen molar-refractivity contribution in [2.45, 2.75) is 70.3 Å². The van der Waals surface area contributed by atoms with Crippen LogP contribution >= 0.6 is 0 Å². The molecule has 2 aliphatic carbocycles. The van der Waals surface area contributed by atoms with E-state index in [-0.39, 0.29) is 11.8 Å². The number of aryl methyl sites for hydroxylation is 2. The summed E-state index contributed by atoms with van der Waals surface area (Å²) in [4.78, 5) is 14.5. The van der Waals surface area contributed by atoms with Crippen molar-refractivity contribution in [3.05, 3.63) is 17.0 Å². The molecule has 1 saturated heterocycles. The quantitative estimate of drug-likeness (QED) is 0.889. The Balaban J connectivity index is 1.36. The van der Waals surface area contributed by atoms with Crippen LogP contribution in [0.25, 0.3) is 0 Å². The molecule has 0 bridgehead atoms. The van der Waals surface area contributed by atoms with Crippen molar-refractivity contribution in [3.63, 3.8) is 0 Å². The van der Waals surface area contributed by atoms with Crippen LogP contribution in [-0.4, -0.2) is 44.8 Å². The van der Waals surface area contributed by atoms with Crippen molar-refractivity contribution >= 4 is 5.91 Å². The Labute approximate surface area is 143 Å². The number of likely N-dealkylation sites (tertiary alicyclic amines) is 1. The minimum absolute atomic E-state index is 0.171. The standard InChI is InChI=1S/C19H29N3O2/c1-13-11-22(12-19(13,24)14-5-4-6-14)18(23)10-9-17-15-7-2-3-8-16(15)20-21-17/h13-14,24H,2-12H2,1H3,(H,20,21)/t13-,19+/m1/s1. The first-order valence-electron chi connectivity index (χ1n) is 9.63. The fraction of sp³-hybridized carbons (Fsp3) is 0.789. The lowest BCUT2D eigenvalue weighted by molar-refractivity contribution is -0.132. The second kappa shape index (κ2) is 6.17. The Morgan fingerprint density at radius 1 is 1.33 bits per heavy atom. The number of rotatable bonds is 4. The first-order valence-corrected chi connectivity index (χ1v) is 9.63. The Morgan fingerprint density at radius 3 is 2.88 bits per heavy atom. The normalized spacial score (nSPS) is 30.2. The molecule has 5 heteroatoms. The first-order chi connectivity index (χ1) is 11.6. The van der Waals surface area contributed by atoms with Crippen LogP contribution in [0.5, 0.6) is 0 Å². The minimum atomic E-state index is -0.653. The van der Waals surface area contributed by atoms with Crippen LogP contribution in [0.3, 0.4) is 0 Å². The van der Waals surface area contributed by atoms with Crippen molar-refractivity contribution in [1.29, 1.82) is 0 Å². The monoisotopic (exact) mass is 331 g/mol. The van der Waals surface area contributed by atoms with Gasteiger partial charge in [-0.15, -0.1) is 0 Å². The fourth-order valence-electron chi connectivity index (χ4n) is 4.78. The summed E-state index contributed by atoms with van der Waals surface area (Å²) in [5.41, 5.74) is 3.06.